The van der Waals surface area contributed by atoms with Crippen LogP contribution >= 0.6 is 11.3 Å². The van der Waals surface area contributed by atoms with Crippen molar-refractivity contribution < 1.29 is 9.53 Å². The summed E-state index contributed by atoms with van der Waals surface area (Å²) in [5.74, 6) is 0.194. The second kappa shape index (κ2) is 9.41. The first kappa shape index (κ1) is 19.2. The Labute approximate surface area is 169 Å². The van der Waals surface area contributed by atoms with Gasteiger partial charge in [0, 0.05) is 30.9 Å². The van der Waals surface area contributed by atoms with E-state index in [1.165, 1.54) is 5.57 Å². The van der Waals surface area contributed by atoms with Crippen molar-refractivity contribution in [3.63, 3.8) is 0 Å². The lowest BCUT2D eigenvalue weighted by atomic mass is 9.90. The lowest BCUT2D eigenvalue weighted by Gasteiger charge is -2.37. The number of piperidine rings is 1. The Hall–Kier alpha value is -2.09. The number of carbonyl (C=O) groups excluding carboxylic acids is 1. The van der Waals surface area contributed by atoms with Crippen LogP contribution in [-0.4, -0.2) is 53.6 Å². The number of nitrogens with one attached hydrogen (secondary N) is 1. The molecule has 1 amide bonds. The Balaban J connectivity index is 1.46. The second-order valence-electron chi connectivity index (χ2n) is 7.38. The van der Waals surface area contributed by atoms with E-state index in [4.69, 9.17) is 4.74 Å². The Morgan fingerprint density at radius 1 is 1.36 bits per heavy atom. The normalized spacial score (nSPS) is 21.7. The average Bonchev–Trinajstić information content (AvgIpc) is 3.28. The molecule has 2 atom stereocenters. The quantitative estimate of drug-likeness (QED) is 0.758. The number of hydrogen-bond acceptors (Lipinski definition) is 6. The molecule has 0 saturated carbocycles. The highest BCUT2D eigenvalue weighted by Gasteiger charge is 2.31. The number of rotatable bonds is 6. The monoisotopic (exact) mass is 398 g/mol. The highest BCUT2D eigenvalue weighted by atomic mass is 32.1. The lowest BCUT2D eigenvalue weighted by Crippen LogP contribution is -2.44. The molecule has 28 heavy (non-hydrogen) atoms. The summed E-state index contributed by atoms with van der Waals surface area (Å²) in [4.78, 5) is 23.9. The van der Waals surface area contributed by atoms with Crippen LogP contribution in [0.15, 0.2) is 47.6 Å². The smallest absolute Gasteiger partial charge is 0.270 e. The van der Waals surface area contributed by atoms with Gasteiger partial charge >= 0.3 is 0 Å². The van der Waals surface area contributed by atoms with Crippen LogP contribution in [0.5, 0.6) is 0 Å². The molecule has 1 saturated heterocycles. The number of aromatic nitrogens is 2. The van der Waals surface area contributed by atoms with Crippen molar-refractivity contribution in [2.24, 2.45) is 5.92 Å². The topological polar surface area (TPSA) is 67.4 Å². The van der Waals surface area contributed by atoms with E-state index < -0.39 is 0 Å². The van der Waals surface area contributed by atoms with E-state index in [1.54, 1.807) is 23.6 Å². The van der Waals surface area contributed by atoms with Gasteiger partial charge in [-0.1, -0.05) is 12.1 Å². The summed E-state index contributed by atoms with van der Waals surface area (Å²) >= 11 is 1.60. The maximum Gasteiger partial charge on any atom is 0.270 e. The molecule has 2 unspecified atom stereocenters. The van der Waals surface area contributed by atoms with Gasteiger partial charge < -0.3 is 10.1 Å². The van der Waals surface area contributed by atoms with Gasteiger partial charge in [0.2, 0.25) is 0 Å². The van der Waals surface area contributed by atoms with Crippen molar-refractivity contribution in [1.29, 1.82) is 0 Å². The van der Waals surface area contributed by atoms with E-state index in [1.807, 2.05) is 23.7 Å². The number of amides is 1. The minimum atomic E-state index is -0.138. The Morgan fingerprint density at radius 2 is 2.32 bits per heavy atom. The molecule has 7 heteroatoms. The number of carbonyl (C=O) groups is 1. The van der Waals surface area contributed by atoms with Gasteiger partial charge in [0.05, 0.1) is 19.3 Å². The van der Waals surface area contributed by atoms with Crippen LogP contribution in [0.25, 0.3) is 0 Å². The Kier molecular flexibility index (Phi) is 6.46. The van der Waals surface area contributed by atoms with Gasteiger partial charge in [-0.25, -0.2) is 4.98 Å². The zero-order valence-electron chi connectivity index (χ0n) is 15.9. The number of hydrogen-bond donors (Lipinski definition) is 1. The van der Waals surface area contributed by atoms with Gasteiger partial charge in [-0.3, -0.25) is 14.7 Å². The molecular weight excluding hydrogens is 372 g/mol. The molecule has 2 aromatic heterocycles. The van der Waals surface area contributed by atoms with Crippen molar-refractivity contribution in [2.45, 2.75) is 25.3 Å². The molecular formula is C21H26N4O2S. The van der Waals surface area contributed by atoms with E-state index >= 15 is 0 Å². The first-order valence-corrected chi connectivity index (χ1v) is 10.8. The van der Waals surface area contributed by atoms with Gasteiger partial charge in [-0.05, 0) is 49.4 Å². The number of ether oxygens (including phenoxy) is 1. The van der Waals surface area contributed by atoms with Crippen LogP contribution in [0.1, 0.15) is 40.8 Å². The fourth-order valence-corrected chi connectivity index (χ4v) is 4.78. The Morgan fingerprint density at radius 3 is 3.07 bits per heavy atom. The van der Waals surface area contributed by atoms with Gasteiger partial charge in [0.1, 0.15) is 10.7 Å². The predicted molar refractivity (Wildman–Crippen MR) is 109 cm³/mol. The van der Waals surface area contributed by atoms with E-state index in [-0.39, 0.29) is 11.9 Å². The number of likely N-dealkylation sites (tertiary alicyclic amines) is 1. The van der Waals surface area contributed by atoms with Crippen LogP contribution in [0.4, 0.5) is 0 Å². The first-order chi connectivity index (χ1) is 13.8. The summed E-state index contributed by atoms with van der Waals surface area (Å²) in [7, 11) is 0. The van der Waals surface area contributed by atoms with Crippen molar-refractivity contribution in [2.75, 3.05) is 32.8 Å². The number of pyridine rings is 1. The summed E-state index contributed by atoms with van der Waals surface area (Å²) in [6.45, 7) is 4.57. The third-order valence-electron chi connectivity index (χ3n) is 5.32. The molecule has 6 nitrogen and oxygen atoms in total. The molecule has 148 valence electrons. The zero-order valence-corrected chi connectivity index (χ0v) is 16.7. The standard InChI is InChI=1S/C21H26N4O2S/c26-20(18-7-1-2-8-22-18)24-19(21-23-9-12-28-21)17-6-3-10-25(14-17)13-16-5-4-11-27-15-16/h1-2,5,7-9,12,17,19H,3-4,6,10-11,13-15H2,(H,24,26). The second-order valence-corrected chi connectivity index (χ2v) is 8.30. The maximum atomic E-state index is 12.8. The minimum Gasteiger partial charge on any atom is -0.377 e. The van der Waals surface area contributed by atoms with Crippen molar-refractivity contribution >= 4 is 17.2 Å². The summed E-state index contributed by atoms with van der Waals surface area (Å²) in [5.41, 5.74) is 1.82. The molecule has 0 aliphatic carbocycles. The van der Waals surface area contributed by atoms with E-state index in [0.717, 1.165) is 57.1 Å². The maximum absolute atomic E-state index is 12.8. The molecule has 1 N–H and O–H groups in total. The van der Waals surface area contributed by atoms with Gasteiger partial charge in [-0.2, -0.15) is 0 Å². The molecule has 0 spiro atoms. The fourth-order valence-electron chi connectivity index (χ4n) is 3.99. The van der Waals surface area contributed by atoms with Crippen LogP contribution in [0.3, 0.4) is 0 Å². The van der Waals surface area contributed by atoms with Crippen LogP contribution in [-0.2, 0) is 4.74 Å². The highest BCUT2D eigenvalue weighted by Crippen LogP contribution is 2.31. The summed E-state index contributed by atoms with van der Waals surface area (Å²) in [6, 6.07) is 5.31. The SMILES string of the molecule is O=C(NC(c1nccs1)C1CCCN(CC2=CCCOC2)C1)c1ccccn1. The third-order valence-corrected chi connectivity index (χ3v) is 6.18. The molecule has 2 aliphatic heterocycles. The molecule has 1 fully saturated rings. The molecule has 4 heterocycles. The average molecular weight is 399 g/mol. The van der Waals surface area contributed by atoms with Crippen LogP contribution in [0, 0.1) is 5.92 Å². The summed E-state index contributed by atoms with van der Waals surface area (Å²) < 4.78 is 5.59. The number of nitrogens with zero attached hydrogens (tertiary/aromatic N) is 3. The van der Waals surface area contributed by atoms with Crippen LogP contribution in [0.2, 0.25) is 0 Å². The van der Waals surface area contributed by atoms with E-state index in [2.05, 4.69) is 26.3 Å². The molecule has 0 bridgehead atoms. The molecule has 0 aromatic carbocycles. The van der Waals surface area contributed by atoms with Crippen molar-refractivity contribution in [1.82, 2.24) is 20.2 Å². The first-order valence-electron chi connectivity index (χ1n) is 9.89. The number of thiazole rings is 1. The molecule has 2 aliphatic rings. The summed E-state index contributed by atoms with van der Waals surface area (Å²) in [6.07, 6.45) is 8.99. The highest BCUT2D eigenvalue weighted by molar-refractivity contribution is 7.09. The molecule has 0 radical (unpaired) electrons. The third kappa shape index (κ3) is 4.84. The molecule has 4 rings (SSSR count). The van der Waals surface area contributed by atoms with E-state index in [9.17, 15) is 4.79 Å². The van der Waals surface area contributed by atoms with Gasteiger partial charge in [0.25, 0.3) is 5.91 Å². The minimum absolute atomic E-state index is 0.0890. The van der Waals surface area contributed by atoms with Crippen LogP contribution < -0.4 is 5.32 Å². The fraction of sp³-hybridized carbons (Fsp3) is 0.476. The van der Waals surface area contributed by atoms with Gasteiger partial charge in [-0.15, -0.1) is 11.3 Å². The predicted octanol–water partition coefficient (Wildman–Crippen LogP) is 3.07. The van der Waals surface area contributed by atoms with Crippen molar-refractivity contribution in [3.8, 4) is 0 Å². The lowest BCUT2D eigenvalue weighted by molar-refractivity contribution is 0.0876. The summed E-state index contributed by atoms with van der Waals surface area (Å²) in [5, 5.41) is 6.15. The van der Waals surface area contributed by atoms with Crippen molar-refractivity contribution in [3.05, 3.63) is 58.3 Å². The molecule has 2 aromatic rings. The van der Waals surface area contributed by atoms with E-state index in [0.29, 0.717) is 11.6 Å². The largest absolute Gasteiger partial charge is 0.377 e. The Bertz CT molecular complexity index is 794. The van der Waals surface area contributed by atoms with Gasteiger partial charge in [0.15, 0.2) is 0 Å². The zero-order chi connectivity index (χ0) is 19.2.